The van der Waals surface area contributed by atoms with E-state index in [1.165, 1.54) is 30.2 Å². The van der Waals surface area contributed by atoms with E-state index in [0.29, 0.717) is 0 Å². The van der Waals surface area contributed by atoms with Crippen molar-refractivity contribution < 1.29 is 80.7 Å². The van der Waals surface area contributed by atoms with Crippen molar-refractivity contribution in [1.29, 1.82) is 0 Å². The van der Waals surface area contributed by atoms with Crippen LogP contribution in [-0.4, -0.2) is 58.4 Å². The molecule has 1 aromatic heterocycles. The molecule has 2 atom stereocenters. The molecule has 0 spiro atoms. The summed E-state index contributed by atoms with van der Waals surface area (Å²) in [5.74, 6) is -2.45. The van der Waals surface area contributed by atoms with Gasteiger partial charge in [-0.1, -0.05) is 6.07 Å². The van der Waals surface area contributed by atoms with E-state index in [9.17, 15) is 24.6 Å². The Morgan fingerprint density at radius 2 is 2.27 bits per heavy atom. The van der Waals surface area contributed by atoms with E-state index in [1.807, 2.05) is 11.4 Å². The number of ether oxygens (including phenoxy) is 1. The minimum absolute atomic E-state index is 0. The number of methoxy groups -OCH3 is 1. The molecule has 8 nitrogen and oxygen atoms in total. The molecule has 26 heavy (non-hydrogen) atoms. The summed E-state index contributed by atoms with van der Waals surface area (Å²) in [4.78, 5) is 38.1. The number of aliphatic hydroxyl groups excluding tert-OH is 1. The van der Waals surface area contributed by atoms with Crippen molar-refractivity contribution in [2.45, 2.75) is 17.5 Å². The molecule has 2 aliphatic heterocycles. The van der Waals surface area contributed by atoms with Gasteiger partial charge in [0.15, 0.2) is 0 Å². The van der Waals surface area contributed by atoms with Crippen molar-refractivity contribution in [2.24, 2.45) is 0 Å². The number of amides is 2. The van der Waals surface area contributed by atoms with Crippen molar-refractivity contribution in [3.05, 3.63) is 33.7 Å². The molecule has 2 N–H and O–H groups in total. The number of nitrogens with zero attached hydrogens (tertiary/aromatic N) is 1. The van der Waals surface area contributed by atoms with Crippen LogP contribution in [0.1, 0.15) is 4.88 Å². The number of hydrogen-bond donors (Lipinski definition) is 2. The Hall–Kier alpha value is -0.244. The van der Waals surface area contributed by atoms with Crippen molar-refractivity contribution in [2.75, 3.05) is 19.5 Å². The first kappa shape index (κ1) is 22.0. The van der Waals surface area contributed by atoms with Gasteiger partial charge in [0.25, 0.3) is 11.6 Å². The third kappa shape index (κ3) is 3.69. The zero-order valence-corrected chi connectivity index (χ0v) is 18.9. The Bertz CT molecular complexity index is 753. The van der Waals surface area contributed by atoms with Gasteiger partial charge in [0.2, 0.25) is 5.91 Å². The second-order valence-electron chi connectivity index (χ2n) is 5.48. The predicted molar refractivity (Wildman–Crippen MR) is 88.1 cm³/mol. The number of thioether (sulfide) groups is 1. The summed E-state index contributed by atoms with van der Waals surface area (Å²) < 4.78 is 5.30. The second-order valence-corrected chi connectivity index (χ2v) is 7.58. The van der Waals surface area contributed by atoms with Gasteiger partial charge in [-0.2, -0.15) is 0 Å². The molecule has 0 bridgehead atoms. The Morgan fingerprint density at radius 3 is 2.81 bits per heavy atom. The average Bonchev–Trinajstić information content (AvgIpc) is 3.10. The van der Waals surface area contributed by atoms with E-state index < -0.39 is 35.5 Å². The number of thiophene rings is 1. The number of aliphatic hydroxyl groups is 1. The van der Waals surface area contributed by atoms with E-state index >= 15 is 0 Å². The minimum Gasteiger partial charge on any atom is -0.543 e. The fraction of sp³-hybridized carbons (Fsp3) is 0.400. The summed E-state index contributed by atoms with van der Waals surface area (Å²) in [6.07, 6.45) is 0.0957. The number of carbonyl (C=O) groups excluding carboxylic acids is 3. The van der Waals surface area contributed by atoms with Gasteiger partial charge in [0.1, 0.15) is 5.37 Å². The van der Waals surface area contributed by atoms with Gasteiger partial charge in [0, 0.05) is 17.7 Å². The van der Waals surface area contributed by atoms with Gasteiger partial charge < -0.3 is 25.1 Å². The first-order valence-electron chi connectivity index (χ1n) is 7.32. The smallest absolute Gasteiger partial charge is 0.543 e. The molecule has 3 heterocycles. The maximum absolute atomic E-state index is 12.6. The molecule has 1 saturated heterocycles. The summed E-state index contributed by atoms with van der Waals surface area (Å²) >= 11 is 2.63. The van der Waals surface area contributed by atoms with E-state index in [4.69, 9.17) is 4.74 Å². The summed E-state index contributed by atoms with van der Waals surface area (Å²) in [6, 6.07) is 3.62. The zero-order chi connectivity index (χ0) is 18.2. The number of hydrogen-bond acceptors (Lipinski definition) is 8. The number of fused-ring (bicyclic) bond motifs is 1. The second kappa shape index (κ2) is 8.84. The van der Waals surface area contributed by atoms with Gasteiger partial charge in [-0.3, -0.25) is 14.5 Å². The number of carbonyl (C=O) groups is 3. The maximum atomic E-state index is 12.6. The van der Waals surface area contributed by atoms with Crippen molar-refractivity contribution in [3.63, 3.8) is 0 Å². The normalized spacial score (nSPS) is 24.5. The summed E-state index contributed by atoms with van der Waals surface area (Å²) in [7, 11) is 1.28. The number of rotatable bonds is 6. The molecule has 1 aromatic rings. The van der Waals surface area contributed by atoms with Crippen molar-refractivity contribution in [3.8, 4) is 0 Å². The molecular weight excluding hydrogens is 407 g/mol. The molecule has 0 aliphatic carbocycles. The van der Waals surface area contributed by atoms with Crippen molar-refractivity contribution in [1.82, 2.24) is 10.2 Å². The molecule has 0 saturated carbocycles. The molecule has 0 unspecified atom stereocenters. The summed E-state index contributed by atoms with van der Waals surface area (Å²) in [5, 5.41) is 24.4. The Kier molecular flexibility index (Phi) is 7.50. The van der Waals surface area contributed by atoms with Gasteiger partial charge in [-0.15, -0.1) is 23.1 Å². The SMILES string of the molecule is CO[C@@]1(NC(=O)Cc2cccs2)C(=O)N2C(C(=O)[O-])=C(CO)CS[C@@H]21.[K+]. The molecule has 0 aromatic carbocycles. The molecular formula is C15H15KN2O6S2. The zero-order valence-electron chi connectivity index (χ0n) is 14.2. The fourth-order valence-electron chi connectivity index (χ4n) is 2.88. The van der Waals surface area contributed by atoms with E-state index in [2.05, 4.69) is 5.32 Å². The minimum atomic E-state index is -1.62. The standard InChI is InChI=1S/C15H16N2O6S2.K/c1-23-15(16-10(19)5-9-3-2-4-24-9)13(22)17-11(12(20)21)8(6-18)7-25-14(15)17;/h2-4,14,18H,5-7H2,1H3,(H,16,19)(H,20,21);/q;+1/p-1/t14-,15+;/m1./s1. The molecule has 11 heteroatoms. The Labute approximate surface area is 200 Å². The fourth-order valence-corrected chi connectivity index (χ4v) is 5.01. The number of carboxylic acids is 1. The molecule has 134 valence electrons. The average molecular weight is 423 g/mol. The first-order chi connectivity index (χ1) is 11.9. The Morgan fingerprint density at radius 1 is 1.54 bits per heavy atom. The van der Waals surface area contributed by atoms with E-state index in [-0.39, 0.29) is 74.8 Å². The number of aliphatic carboxylic acids is 1. The van der Waals surface area contributed by atoms with Gasteiger partial charge in [-0.05, 0) is 17.0 Å². The molecule has 2 aliphatic rings. The summed E-state index contributed by atoms with van der Waals surface area (Å²) in [6.45, 7) is -0.489. The molecule has 1 fully saturated rings. The summed E-state index contributed by atoms with van der Waals surface area (Å²) in [5.41, 5.74) is -1.78. The maximum Gasteiger partial charge on any atom is 1.00 e. The topological polar surface area (TPSA) is 119 Å². The third-order valence-electron chi connectivity index (χ3n) is 4.06. The van der Waals surface area contributed by atoms with E-state index in [1.54, 1.807) is 6.07 Å². The Balaban J connectivity index is 0.00000243. The third-order valence-corrected chi connectivity index (χ3v) is 6.31. The van der Waals surface area contributed by atoms with Crippen LogP contribution in [0.3, 0.4) is 0 Å². The monoisotopic (exact) mass is 422 g/mol. The number of β-lactam (4-membered cyclic amide) rings is 1. The number of nitrogens with one attached hydrogen (secondary N) is 1. The van der Waals surface area contributed by atoms with Crippen LogP contribution in [0.4, 0.5) is 0 Å². The van der Waals surface area contributed by atoms with Crippen LogP contribution in [0.25, 0.3) is 0 Å². The first-order valence-corrected chi connectivity index (χ1v) is 9.25. The molecule has 2 amide bonds. The van der Waals surface area contributed by atoms with Crippen LogP contribution in [0, 0.1) is 0 Å². The molecule has 3 rings (SSSR count). The van der Waals surface area contributed by atoms with Crippen molar-refractivity contribution >= 4 is 40.9 Å². The molecule has 0 radical (unpaired) electrons. The predicted octanol–water partition coefficient (Wildman–Crippen LogP) is -4.34. The van der Waals surface area contributed by atoms with Gasteiger partial charge in [-0.25, -0.2) is 0 Å². The van der Waals surface area contributed by atoms with Gasteiger partial charge in [0.05, 0.1) is 24.7 Å². The van der Waals surface area contributed by atoms with Crippen LogP contribution in [0.2, 0.25) is 0 Å². The van der Waals surface area contributed by atoms with Crippen LogP contribution in [0.5, 0.6) is 0 Å². The van der Waals surface area contributed by atoms with Gasteiger partial charge >= 0.3 is 51.4 Å². The largest absolute Gasteiger partial charge is 1.00 e. The van der Waals surface area contributed by atoms with E-state index in [0.717, 1.165) is 9.78 Å². The number of carboxylic acid groups (broad SMARTS) is 1. The van der Waals surface area contributed by atoms with Crippen LogP contribution >= 0.6 is 23.1 Å². The van der Waals surface area contributed by atoms with Crippen LogP contribution in [0.15, 0.2) is 28.8 Å². The van der Waals surface area contributed by atoms with Crippen LogP contribution < -0.4 is 61.8 Å². The van der Waals surface area contributed by atoms with Crippen LogP contribution in [-0.2, 0) is 25.5 Å². The quantitative estimate of drug-likeness (QED) is 0.270.